The maximum absolute atomic E-state index is 11.5. The molecule has 2 fully saturated rings. The number of hydrogen-bond acceptors (Lipinski definition) is 3. The Morgan fingerprint density at radius 3 is 2.65 bits per heavy atom. The molecule has 0 aromatic carbocycles. The molecule has 1 aliphatic carbocycles. The third-order valence-corrected chi connectivity index (χ3v) is 5.23. The van der Waals surface area contributed by atoms with Gasteiger partial charge < -0.3 is 0 Å². The monoisotopic (exact) mass is 259 g/mol. The lowest BCUT2D eigenvalue weighted by molar-refractivity contribution is -0.117. The van der Waals surface area contributed by atoms with Crippen LogP contribution in [0.15, 0.2) is 0 Å². The Balaban J connectivity index is 1.87. The Morgan fingerprint density at radius 2 is 2.06 bits per heavy atom. The summed E-state index contributed by atoms with van der Waals surface area (Å²) in [5.41, 5.74) is 0. The Labute approximate surface area is 103 Å². The van der Waals surface area contributed by atoms with Crippen molar-refractivity contribution in [1.82, 2.24) is 4.31 Å². The Kier molecular flexibility index (Phi) is 3.88. The van der Waals surface area contributed by atoms with Crippen molar-refractivity contribution in [3.8, 4) is 0 Å². The van der Waals surface area contributed by atoms with E-state index in [9.17, 15) is 13.2 Å². The third-order valence-electron chi connectivity index (χ3n) is 3.97. The maximum atomic E-state index is 11.5. The number of sulfonamides is 1. The summed E-state index contributed by atoms with van der Waals surface area (Å²) in [6.45, 7) is 1.32. The van der Waals surface area contributed by atoms with Gasteiger partial charge in [-0.3, -0.25) is 4.79 Å². The quantitative estimate of drug-likeness (QED) is 0.770. The van der Waals surface area contributed by atoms with Gasteiger partial charge in [-0.15, -0.1) is 0 Å². The molecule has 2 atom stereocenters. The van der Waals surface area contributed by atoms with Crippen LogP contribution in [0.1, 0.15) is 38.5 Å². The van der Waals surface area contributed by atoms with E-state index in [0.29, 0.717) is 30.7 Å². The standard InChI is InChI=1S/C12H21NO3S/c1-17(15,16)13-6-2-3-11(9-13)7-10-4-5-12(14)8-10/h10-11H,2-9H2,1H3. The zero-order chi connectivity index (χ0) is 12.5. The zero-order valence-corrected chi connectivity index (χ0v) is 11.2. The molecule has 98 valence electrons. The van der Waals surface area contributed by atoms with Crippen molar-refractivity contribution in [2.24, 2.45) is 11.8 Å². The minimum atomic E-state index is -3.04. The van der Waals surface area contributed by atoms with E-state index in [0.717, 1.165) is 38.5 Å². The number of carbonyl (C=O) groups excluding carboxylic acids is 1. The largest absolute Gasteiger partial charge is 0.300 e. The first-order valence-corrected chi connectivity index (χ1v) is 8.27. The van der Waals surface area contributed by atoms with Crippen molar-refractivity contribution in [3.63, 3.8) is 0 Å². The fourth-order valence-corrected chi connectivity index (χ4v) is 4.03. The van der Waals surface area contributed by atoms with Crippen molar-refractivity contribution >= 4 is 15.8 Å². The minimum Gasteiger partial charge on any atom is -0.300 e. The van der Waals surface area contributed by atoms with Crippen molar-refractivity contribution < 1.29 is 13.2 Å². The van der Waals surface area contributed by atoms with Crippen molar-refractivity contribution in [2.45, 2.75) is 38.5 Å². The molecular weight excluding hydrogens is 238 g/mol. The predicted octanol–water partition coefficient (Wildman–Crippen LogP) is 1.42. The van der Waals surface area contributed by atoms with E-state index in [-0.39, 0.29) is 0 Å². The van der Waals surface area contributed by atoms with Crippen LogP contribution in [0.3, 0.4) is 0 Å². The third kappa shape index (κ3) is 3.52. The fraction of sp³-hybridized carbons (Fsp3) is 0.917. The molecule has 0 aromatic rings. The molecule has 2 unspecified atom stereocenters. The van der Waals surface area contributed by atoms with Crippen LogP contribution in [0.5, 0.6) is 0 Å². The van der Waals surface area contributed by atoms with Crippen LogP contribution >= 0.6 is 0 Å². The molecule has 0 radical (unpaired) electrons. The number of hydrogen-bond donors (Lipinski definition) is 0. The summed E-state index contributed by atoms with van der Waals surface area (Å²) in [5, 5.41) is 0. The van der Waals surface area contributed by atoms with Gasteiger partial charge in [-0.05, 0) is 37.5 Å². The molecule has 0 aromatic heterocycles. The predicted molar refractivity (Wildman–Crippen MR) is 66.1 cm³/mol. The first-order chi connectivity index (χ1) is 7.95. The number of Topliss-reactive ketones (excluding diaryl/α,β-unsaturated/α-hetero) is 1. The molecule has 1 heterocycles. The summed E-state index contributed by atoms with van der Waals surface area (Å²) in [6, 6.07) is 0. The fourth-order valence-electron chi connectivity index (χ4n) is 3.08. The number of piperidine rings is 1. The van der Waals surface area contributed by atoms with Crippen LogP contribution < -0.4 is 0 Å². The first-order valence-electron chi connectivity index (χ1n) is 6.42. The highest BCUT2D eigenvalue weighted by molar-refractivity contribution is 7.88. The topological polar surface area (TPSA) is 54.5 Å². The lowest BCUT2D eigenvalue weighted by Gasteiger charge is -2.32. The summed E-state index contributed by atoms with van der Waals surface area (Å²) < 4.78 is 24.6. The van der Waals surface area contributed by atoms with Gasteiger partial charge in [0.1, 0.15) is 5.78 Å². The second-order valence-electron chi connectivity index (χ2n) is 5.51. The molecule has 0 bridgehead atoms. The first kappa shape index (κ1) is 13.0. The van der Waals surface area contributed by atoms with Crippen LogP contribution in [0.25, 0.3) is 0 Å². The van der Waals surface area contributed by atoms with E-state index < -0.39 is 10.0 Å². The number of carbonyl (C=O) groups is 1. The molecule has 17 heavy (non-hydrogen) atoms. The van der Waals surface area contributed by atoms with Gasteiger partial charge in [0.2, 0.25) is 10.0 Å². The molecule has 5 heteroatoms. The molecule has 0 N–H and O–H groups in total. The van der Waals surface area contributed by atoms with Gasteiger partial charge in [0.05, 0.1) is 6.26 Å². The van der Waals surface area contributed by atoms with Gasteiger partial charge in [0, 0.05) is 25.9 Å². The van der Waals surface area contributed by atoms with Crippen LogP contribution in [0, 0.1) is 11.8 Å². The highest BCUT2D eigenvalue weighted by Gasteiger charge is 2.30. The minimum absolute atomic E-state index is 0.380. The average molecular weight is 259 g/mol. The van der Waals surface area contributed by atoms with Gasteiger partial charge in [0.15, 0.2) is 0 Å². The second kappa shape index (κ2) is 5.06. The van der Waals surface area contributed by atoms with Crippen LogP contribution in [-0.2, 0) is 14.8 Å². The second-order valence-corrected chi connectivity index (χ2v) is 7.49. The molecule has 2 rings (SSSR count). The van der Waals surface area contributed by atoms with Gasteiger partial charge >= 0.3 is 0 Å². The Hall–Kier alpha value is -0.420. The molecule has 0 amide bonds. The van der Waals surface area contributed by atoms with E-state index in [4.69, 9.17) is 0 Å². The maximum Gasteiger partial charge on any atom is 0.211 e. The van der Waals surface area contributed by atoms with Gasteiger partial charge in [-0.25, -0.2) is 12.7 Å². The van der Waals surface area contributed by atoms with Crippen molar-refractivity contribution in [1.29, 1.82) is 0 Å². The van der Waals surface area contributed by atoms with E-state index >= 15 is 0 Å². The summed E-state index contributed by atoms with van der Waals surface area (Å²) in [5.74, 6) is 1.34. The van der Waals surface area contributed by atoms with Crippen LogP contribution in [-0.4, -0.2) is 37.9 Å². The van der Waals surface area contributed by atoms with Gasteiger partial charge in [-0.2, -0.15) is 0 Å². The molecule has 2 aliphatic rings. The van der Waals surface area contributed by atoms with E-state index in [1.54, 1.807) is 4.31 Å². The lowest BCUT2D eigenvalue weighted by atomic mass is 9.88. The number of ketones is 1. The van der Waals surface area contributed by atoms with Gasteiger partial charge in [-0.1, -0.05) is 0 Å². The summed E-state index contributed by atoms with van der Waals surface area (Å²) >= 11 is 0. The highest BCUT2D eigenvalue weighted by atomic mass is 32.2. The molecule has 1 aliphatic heterocycles. The summed E-state index contributed by atoms with van der Waals surface area (Å²) in [7, 11) is -3.04. The molecule has 4 nitrogen and oxygen atoms in total. The molecule has 1 saturated heterocycles. The smallest absolute Gasteiger partial charge is 0.211 e. The van der Waals surface area contributed by atoms with Crippen LogP contribution in [0.2, 0.25) is 0 Å². The highest BCUT2D eigenvalue weighted by Crippen LogP contribution is 2.32. The number of nitrogens with zero attached hydrogens (tertiary/aromatic N) is 1. The number of rotatable bonds is 3. The molecule has 1 saturated carbocycles. The molecular formula is C12H21NO3S. The van der Waals surface area contributed by atoms with Crippen molar-refractivity contribution in [2.75, 3.05) is 19.3 Å². The van der Waals surface area contributed by atoms with Gasteiger partial charge in [0.25, 0.3) is 0 Å². The van der Waals surface area contributed by atoms with Crippen molar-refractivity contribution in [3.05, 3.63) is 0 Å². The average Bonchev–Trinajstić information content (AvgIpc) is 2.63. The normalized spacial score (nSPS) is 31.9. The SMILES string of the molecule is CS(=O)(=O)N1CCCC(CC2CCC(=O)C2)C1. The lowest BCUT2D eigenvalue weighted by Crippen LogP contribution is -2.39. The summed E-state index contributed by atoms with van der Waals surface area (Å²) in [6.07, 6.45) is 6.83. The summed E-state index contributed by atoms with van der Waals surface area (Å²) in [4.78, 5) is 11.2. The van der Waals surface area contributed by atoms with E-state index in [1.807, 2.05) is 0 Å². The molecule has 0 spiro atoms. The Morgan fingerprint density at radius 1 is 1.29 bits per heavy atom. The van der Waals surface area contributed by atoms with Crippen LogP contribution in [0.4, 0.5) is 0 Å². The Bertz CT molecular complexity index is 391. The van der Waals surface area contributed by atoms with E-state index in [1.165, 1.54) is 6.26 Å². The van der Waals surface area contributed by atoms with E-state index in [2.05, 4.69) is 0 Å². The zero-order valence-electron chi connectivity index (χ0n) is 10.4.